The SMILES string of the molecule is CCC(CCS(=O)(=O)C(C)C)N1C(=O)[C@@](C)(CC(=O)O)C[C@H](c2cccc(Cl)c2)[C@H]1c1ccc(Cl)cc1. The zero-order valence-electron chi connectivity index (χ0n) is 21.7. The van der Waals surface area contributed by atoms with Crippen LogP contribution in [0.5, 0.6) is 0 Å². The van der Waals surface area contributed by atoms with Crippen molar-refractivity contribution in [2.24, 2.45) is 5.41 Å². The summed E-state index contributed by atoms with van der Waals surface area (Å²) in [5.41, 5.74) is 0.572. The lowest BCUT2D eigenvalue weighted by molar-refractivity contribution is -0.160. The monoisotopic (exact) mass is 567 g/mol. The standard InChI is InChI=1S/C28H35Cl2NO5S/c1-5-23(13-14-37(35,36)18(2)3)31-26(19-9-11-21(29)12-10-19)24(20-7-6-8-22(30)15-20)16-28(4,27(31)34)17-25(32)33/h6-12,15,18,23-24,26H,5,13-14,16-17H2,1-4H3,(H,32,33)/t23?,24-,26-,28-/m1/s1. The summed E-state index contributed by atoms with van der Waals surface area (Å²) >= 11 is 12.5. The molecule has 2 aromatic rings. The van der Waals surface area contributed by atoms with Crippen molar-refractivity contribution in [3.8, 4) is 0 Å². The van der Waals surface area contributed by atoms with Crippen LogP contribution >= 0.6 is 23.2 Å². The lowest BCUT2D eigenvalue weighted by Gasteiger charge is -2.52. The third-order valence-corrected chi connectivity index (χ3v) is 10.2. The van der Waals surface area contributed by atoms with Gasteiger partial charge >= 0.3 is 5.97 Å². The van der Waals surface area contributed by atoms with Crippen molar-refractivity contribution in [3.63, 3.8) is 0 Å². The molecule has 0 bridgehead atoms. The fourth-order valence-corrected chi connectivity index (χ4v) is 6.75. The van der Waals surface area contributed by atoms with Crippen molar-refractivity contribution in [1.82, 2.24) is 4.90 Å². The van der Waals surface area contributed by atoms with E-state index in [1.165, 1.54) is 0 Å². The number of benzene rings is 2. The van der Waals surface area contributed by atoms with Gasteiger partial charge in [0.05, 0.1) is 28.9 Å². The molecular weight excluding hydrogens is 533 g/mol. The van der Waals surface area contributed by atoms with E-state index >= 15 is 0 Å². The number of rotatable bonds is 10. The maximum Gasteiger partial charge on any atom is 0.304 e. The highest BCUT2D eigenvalue weighted by Crippen LogP contribution is 2.52. The van der Waals surface area contributed by atoms with E-state index in [2.05, 4.69) is 0 Å². The first-order valence-corrected chi connectivity index (χ1v) is 15.0. The number of aliphatic carboxylic acids is 1. The Balaban J connectivity index is 2.20. The molecule has 202 valence electrons. The topological polar surface area (TPSA) is 91.8 Å². The number of sulfone groups is 1. The van der Waals surface area contributed by atoms with Crippen molar-refractivity contribution >= 4 is 44.9 Å². The zero-order valence-corrected chi connectivity index (χ0v) is 24.0. The van der Waals surface area contributed by atoms with E-state index in [1.807, 2.05) is 37.3 Å². The van der Waals surface area contributed by atoms with E-state index in [1.54, 1.807) is 43.9 Å². The van der Waals surface area contributed by atoms with Crippen molar-refractivity contribution in [2.75, 3.05) is 5.75 Å². The maximum absolute atomic E-state index is 14.2. The Bertz CT molecular complexity index is 1230. The lowest BCUT2D eigenvalue weighted by atomic mass is 9.67. The summed E-state index contributed by atoms with van der Waals surface area (Å²) in [5, 5.41) is 10.3. The van der Waals surface area contributed by atoms with Gasteiger partial charge in [-0.1, -0.05) is 61.3 Å². The van der Waals surface area contributed by atoms with Gasteiger partial charge in [-0.3, -0.25) is 9.59 Å². The minimum Gasteiger partial charge on any atom is -0.481 e. The Morgan fingerprint density at radius 2 is 1.76 bits per heavy atom. The average molecular weight is 569 g/mol. The molecule has 3 rings (SSSR count). The molecule has 0 saturated carbocycles. The van der Waals surface area contributed by atoms with E-state index in [-0.39, 0.29) is 30.4 Å². The fraction of sp³-hybridized carbons (Fsp3) is 0.500. The number of carbonyl (C=O) groups excluding carboxylic acids is 1. The first kappa shape index (κ1) is 29.5. The Labute approximate surface area is 229 Å². The summed E-state index contributed by atoms with van der Waals surface area (Å²) in [4.78, 5) is 27.9. The van der Waals surface area contributed by atoms with Crippen molar-refractivity contribution in [3.05, 3.63) is 69.7 Å². The molecule has 37 heavy (non-hydrogen) atoms. The summed E-state index contributed by atoms with van der Waals surface area (Å²) in [6, 6.07) is 13.9. The van der Waals surface area contributed by atoms with Gasteiger partial charge in [-0.15, -0.1) is 0 Å². The largest absolute Gasteiger partial charge is 0.481 e. The molecule has 1 unspecified atom stereocenters. The summed E-state index contributed by atoms with van der Waals surface area (Å²) in [7, 11) is -3.33. The van der Waals surface area contributed by atoms with Gasteiger partial charge in [-0.2, -0.15) is 0 Å². The van der Waals surface area contributed by atoms with E-state index in [4.69, 9.17) is 23.2 Å². The number of amides is 1. The Kier molecular flexibility index (Phi) is 9.36. The highest BCUT2D eigenvalue weighted by atomic mass is 35.5. The van der Waals surface area contributed by atoms with Crippen LogP contribution in [0.2, 0.25) is 10.0 Å². The molecule has 2 aromatic carbocycles. The van der Waals surface area contributed by atoms with Crippen molar-refractivity contribution < 1.29 is 23.1 Å². The van der Waals surface area contributed by atoms with Gasteiger partial charge in [-0.05, 0) is 68.5 Å². The number of likely N-dealkylation sites (tertiary alicyclic amines) is 1. The molecule has 4 atom stereocenters. The van der Waals surface area contributed by atoms with Gasteiger partial charge in [0.2, 0.25) is 5.91 Å². The minimum absolute atomic E-state index is 0.0578. The van der Waals surface area contributed by atoms with Crippen LogP contribution in [0.1, 0.15) is 76.5 Å². The predicted octanol–water partition coefficient (Wildman–Crippen LogP) is 6.52. The number of halogens is 2. The van der Waals surface area contributed by atoms with Gasteiger partial charge in [0.25, 0.3) is 0 Å². The van der Waals surface area contributed by atoms with Crippen molar-refractivity contribution in [1.29, 1.82) is 0 Å². The van der Waals surface area contributed by atoms with Crippen LogP contribution in [0, 0.1) is 5.41 Å². The third kappa shape index (κ3) is 6.68. The van der Waals surface area contributed by atoms with E-state index < -0.39 is 38.6 Å². The van der Waals surface area contributed by atoms with E-state index in [9.17, 15) is 23.1 Å². The first-order chi connectivity index (χ1) is 17.3. The second-order valence-electron chi connectivity index (χ2n) is 10.5. The van der Waals surface area contributed by atoms with E-state index in [0.717, 1.165) is 11.1 Å². The molecule has 0 radical (unpaired) electrons. The summed E-state index contributed by atoms with van der Waals surface area (Å²) in [5.74, 6) is -1.65. The summed E-state index contributed by atoms with van der Waals surface area (Å²) < 4.78 is 25.4. The first-order valence-electron chi connectivity index (χ1n) is 12.6. The van der Waals surface area contributed by atoms with Crippen molar-refractivity contribution in [2.45, 2.75) is 76.6 Å². The fourth-order valence-electron chi connectivity index (χ4n) is 5.36. The number of carboxylic acid groups (broad SMARTS) is 1. The number of hydrogen-bond acceptors (Lipinski definition) is 4. The number of nitrogens with zero attached hydrogens (tertiary/aromatic N) is 1. The predicted molar refractivity (Wildman–Crippen MR) is 148 cm³/mol. The lowest BCUT2D eigenvalue weighted by Crippen LogP contribution is -2.56. The minimum atomic E-state index is -3.33. The van der Waals surface area contributed by atoms with Crippen LogP contribution in [0.15, 0.2) is 48.5 Å². The Hall–Kier alpha value is -2.09. The molecule has 0 aromatic heterocycles. The number of carboxylic acids is 1. The van der Waals surface area contributed by atoms with Crippen LogP contribution in [0.25, 0.3) is 0 Å². The van der Waals surface area contributed by atoms with Gasteiger partial charge in [-0.25, -0.2) is 8.42 Å². The van der Waals surface area contributed by atoms with E-state index in [0.29, 0.717) is 22.9 Å². The third-order valence-electron chi connectivity index (χ3n) is 7.45. The second-order valence-corrected chi connectivity index (χ2v) is 14.0. The highest BCUT2D eigenvalue weighted by Gasteiger charge is 2.52. The molecule has 1 amide bonds. The molecule has 6 nitrogen and oxygen atoms in total. The van der Waals surface area contributed by atoms with Gasteiger partial charge < -0.3 is 10.0 Å². The number of carbonyl (C=O) groups is 2. The quantitative estimate of drug-likeness (QED) is 0.352. The maximum atomic E-state index is 14.2. The number of hydrogen-bond donors (Lipinski definition) is 1. The normalized spacial score (nSPS) is 23.3. The molecule has 1 fully saturated rings. The second kappa shape index (κ2) is 11.7. The molecule has 1 aliphatic rings. The molecule has 0 spiro atoms. The molecule has 9 heteroatoms. The molecular formula is C28H35Cl2NO5S. The number of piperidine rings is 1. The van der Waals surface area contributed by atoms with Crippen LogP contribution in [0.4, 0.5) is 0 Å². The summed E-state index contributed by atoms with van der Waals surface area (Å²) in [6.45, 7) is 6.93. The smallest absolute Gasteiger partial charge is 0.304 e. The van der Waals surface area contributed by atoms with Crippen LogP contribution in [-0.2, 0) is 19.4 Å². The zero-order chi connectivity index (χ0) is 27.5. The Morgan fingerprint density at radius 3 is 2.30 bits per heavy atom. The average Bonchev–Trinajstić information content (AvgIpc) is 2.82. The molecule has 0 aliphatic carbocycles. The molecule has 1 saturated heterocycles. The molecule has 1 aliphatic heterocycles. The van der Waals surface area contributed by atoms with Crippen LogP contribution in [-0.4, -0.2) is 47.3 Å². The van der Waals surface area contributed by atoms with Gasteiger partial charge in [0, 0.05) is 22.0 Å². The van der Waals surface area contributed by atoms with Crippen LogP contribution < -0.4 is 0 Å². The molecule has 1 N–H and O–H groups in total. The van der Waals surface area contributed by atoms with Gasteiger partial charge in [0.1, 0.15) is 0 Å². The molecule has 1 heterocycles. The summed E-state index contributed by atoms with van der Waals surface area (Å²) in [6.07, 6.45) is 0.767. The van der Waals surface area contributed by atoms with Gasteiger partial charge in [0.15, 0.2) is 9.84 Å². The van der Waals surface area contributed by atoms with Crippen LogP contribution in [0.3, 0.4) is 0 Å². The highest BCUT2D eigenvalue weighted by molar-refractivity contribution is 7.91. The Morgan fingerprint density at radius 1 is 1.11 bits per heavy atom.